The van der Waals surface area contributed by atoms with Crippen molar-refractivity contribution in [2.24, 2.45) is 0 Å². The quantitative estimate of drug-likeness (QED) is 0.684. The number of aromatic nitrogens is 2. The van der Waals surface area contributed by atoms with Gasteiger partial charge in [-0.1, -0.05) is 23.7 Å². The third-order valence-corrected chi connectivity index (χ3v) is 5.59. The molecule has 0 radical (unpaired) electrons. The van der Waals surface area contributed by atoms with Crippen LogP contribution >= 0.6 is 22.9 Å². The first-order valence-electron chi connectivity index (χ1n) is 7.90. The lowest BCUT2D eigenvalue weighted by molar-refractivity contribution is -0.116. The molecule has 1 aliphatic rings. The Balaban J connectivity index is 1.42. The number of nitrogens with one attached hydrogen (secondary N) is 1. The third-order valence-electron chi connectivity index (χ3n) is 4.56. The van der Waals surface area contributed by atoms with Crippen molar-refractivity contribution >= 4 is 39.9 Å². The van der Waals surface area contributed by atoms with Crippen LogP contribution in [-0.2, 0) is 10.2 Å². The molecule has 4 nitrogen and oxygen atoms in total. The van der Waals surface area contributed by atoms with Gasteiger partial charge in [0.05, 0.1) is 5.69 Å². The highest BCUT2D eigenvalue weighted by molar-refractivity contribution is 7.15. The molecule has 1 amide bonds. The topological polar surface area (TPSA) is 46.4 Å². The third kappa shape index (κ3) is 3.19. The minimum absolute atomic E-state index is 0.0634. The van der Waals surface area contributed by atoms with Gasteiger partial charge in [0.1, 0.15) is 5.82 Å². The number of halogens is 2. The van der Waals surface area contributed by atoms with Gasteiger partial charge in [-0.25, -0.2) is 9.37 Å². The molecule has 1 N–H and O–H groups in total. The van der Waals surface area contributed by atoms with Gasteiger partial charge < -0.3 is 5.32 Å². The number of rotatable bonds is 5. The van der Waals surface area contributed by atoms with E-state index in [1.165, 1.54) is 29.5 Å². The van der Waals surface area contributed by atoms with Gasteiger partial charge in [-0.05, 0) is 36.6 Å². The molecule has 0 aliphatic heterocycles. The minimum Gasteiger partial charge on any atom is -0.352 e. The molecular weight excluding hydrogens is 361 g/mol. The fourth-order valence-corrected chi connectivity index (χ4v) is 3.92. The number of amides is 1. The van der Waals surface area contributed by atoms with Crippen molar-refractivity contribution in [3.05, 3.63) is 64.1 Å². The van der Waals surface area contributed by atoms with Crippen LogP contribution in [0.15, 0.2) is 41.9 Å². The van der Waals surface area contributed by atoms with Gasteiger partial charge in [-0.2, -0.15) is 0 Å². The highest BCUT2D eigenvalue weighted by Gasteiger charge is 2.44. The summed E-state index contributed by atoms with van der Waals surface area (Å²) in [6, 6.07) is 6.52. The Morgan fingerprint density at radius 1 is 1.40 bits per heavy atom. The van der Waals surface area contributed by atoms with Gasteiger partial charge in [0.25, 0.3) is 0 Å². The summed E-state index contributed by atoms with van der Waals surface area (Å²) in [5, 5.41) is 5.22. The maximum atomic E-state index is 13.1. The number of carbonyl (C=O) groups excluding carboxylic acids is 1. The van der Waals surface area contributed by atoms with Crippen molar-refractivity contribution in [3.63, 3.8) is 0 Å². The van der Waals surface area contributed by atoms with Crippen molar-refractivity contribution in [1.82, 2.24) is 14.7 Å². The molecule has 128 valence electrons. The van der Waals surface area contributed by atoms with Gasteiger partial charge in [-0.3, -0.25) is 9.20 Å². The summed E-state index contributed by atoms with van der Waals surface area (Å²) in [4.78, 5) is 17.2. The monoisotopic (exact) mass is 375 g/mol. The zero-order valence-electron chi connectivity index (χ0n) is 13.2. The van der Waals surface area contributed by atoms with E-state index in [2.05, 4.69) is 10.3 Å². The number of imidazole rings is 1. The second-order valence-electron chi connectivity index (χ2n) is 6.18. The second kappa shape index (κ2) is 6.28. The molecule has 2 aromatic heterocycles. The Hall–Kier alpha value is -2.18. The number of hydrogen-bond acceptors (Lipinski definition) is 3. The normalized spacial score (nSPS) is 15.8. The summed E-state index contributed by atoms with van der Waals surface area (Å²) in [5.74, 6) is -0.432. The lowest BCUT2D eigenvalue weighted by Gasteiger charge is -2.15. The van der Waals surface area contributed by atoms with Crippen LogP contribution in [-0.4, -0.2) is 21.8 Å². The number of carbonyl (C=O) groups is 1. The summed E-state index contributed by atoms with van der Waals surface area (Å²) in [6.45, 7) is 0.538. The van der Waals surface area contributed by atoms with E-state index in [9.17, 15) is 9.18 Å². The molecule has 25 heavy (non-hydrogen) atoms. The largest absolute Gasteiger partial charge is 0.352 e. The lowest BCUT2D eigenvalue weighted by Crippen LogP contribution is -2.31. The number of thiazole rings is 1. The van der Waals surface area contributed by atoms with Gasteiger partial charge in [0.15, 0.2) is 10.1 Å². The highest BCUT2D eigenvalue weighted by atomic mass is 35.5. The number of fused-ring (bicyclic) bond motifs is 1. The predicted octanol–water partition coefficient (Wildman–Crippen LogP) is 4.05. The maximum Gasteiger partial charge on any atom is 0.244 e. The van der Waals surface area contributed by atoms with Crippen molar-refractivity contribution in [3.8, 4) is 0 Å². The van der Waals surface area contributed by atoms with Crippen molar-refractivity contribution in [1.29, 1.82) is 0 Å². The van der Waals surface area contributed by atoms with Gasteiger partial charge in [-0.15, -0.1) is 11.3 Å². The molecule has 1 aromatic carbocycles. The van der Waals surface area contributed by atoms with Gasteiger partial charge >= 0.3 is 0 Å². The molecule has 0 unspecified atom stereocenters. The van der Waals surface area contributed by atoms with E-state index in [0.29, 0.717) is 17.4 Å². The first kappa shape index (κ1) is 16.3. The van der Waals surface area contributed by atoms with Crippen LogP contribution in [0.5, 0.6) is 0 Å². The molecule has 7 heteroatoms. The molecule has 2 heterocycles. The van der Waals surface area contributed by atoms with Crippen molar-refractivity contribution in [2.45, 2.75) is 18.3 Å². The molecule has 0 atom stereocenters. The first-order valence-corrected chi connectivity index (χ1v) is 9.16. The van der Waals surface area contributed by atoms with E-state index in [-0.39, 0.29) is 17.1 Å². The highest BCUT2D eigenvalue weighted by Crippen LogP contribution is 2.47. The Kier molecular flexibility index (Phi) is 4.09. The first-order chi connectivity index (χ1) is 12.1. The standard InChI is InChI=1S/C18H15ClFN3OS/c19-16-14(23-9-10-25-17(23)22-16)5-6-15(24)21-11-18(7-8-18)12-1-3-13(20)4-2-12/h1-6,9-10H,7-8,11H2,(H,21,24)/b6-5+. The van der Waals surface area contributed by atoms with Crippen LogP contribution in [0.3, 0.4) is 0 Å². The van der Waals surface area contributed by atoms with E-state index in [1.807, 2.05) is 16.0 Å². The molecule has 3 aromatic rings. The molecule has 0 bridgehead atoms. The molecular formula is C18H15ClFN3OS. The van der Waals surface area contributed by atoms with Crippen molar-refractivity contribution < 1.29 is 9.18 Å². The fraction of sp³-hybridized carbons (Fsp3) is 0.222. The lowest BCUT2D eigenvalue weighted by atomic mass is 9.96. The SMILES string of the molecule is O=C(/C=C/c1c(Cl)nc2sccn12)NCC1(c2ccc(F)cc2)CC1. The Labute approximate surface area is 153 Å². The summed E-state index contributed by atoms with van der Waals surface area (Å²) in [5.41, 5.74) is 1.69. The molecule has 0 saturated heterocycles. The smallest absolute Gasteiger partial charge is 0.244 e. The predicted molar refractivity (Wildman–Crippen MR) is 97.4 cm³/mol. The Morgan fingerprint density at radius 2 is 2.16 bits per heavy atom. The number of hydrogen-bond donors (Lipinski definition) is 1. The average molecular weight is 376 g/mol. The van der Waals surface area contributed by atoms with E-state index < -0.39 is 0 Å². The van der Waals surface area contributed by atoms with E-state index in [4.69, 9.17) is 11.6 Å². The molecule has 0 spiro atoms. The van der Waals surface area contributed by atoms with Crippen LogP contribution < -0.4 is 5.32 Å². The van der Waals surface area contributed by atoms with E-state index in [0.717, 1.165) is 23.4 Å². The van der Waals surface area contributed by atoms with E-state index in [1.54, 1.807) is 18.2 Å². The molecule has 1 fully saturated rings. The summed E-state index contributed by atoms with van der Waals surface area (Å²) < 4.78 is 14.9. The van der Waals surface area contributed by atoms with Crippen LogP contribution in [0.4, 0.5) is 4.39 Å². The number of benzene rings is 1. The molecule has 1 saturated carbocycles. The van der Waals surface area contributed by atoms with Crippen LogP contribution in [0.2, 0.25) is 5.15 Å². The zero-order valence-corrected chi connectivity index (χ0v) is 14.8. The number of nitrogens with zero attached hydrogens (tertiary/aromatic N) is 2. The van der Waals surface area contributed by atoms with E-state index >= 15 is 0 Å². The maximum absolute atomic E-state index is 13.1. The van der Waals surface area contributed by atoms with Crippen molar-refractivity contribution in [2.75, 3.05) is 6.54 Å². The Morgan fingerprint density at radius 3 is 2.88 bits per heavy atom. The fourth-order valence-electron chi connectivity index (χ4n) is 2.92. The second-order valence-corrected chi connectivity index (χ2v) is 7.41. The van der Waals surface area contributed by atoms with Gasteiger partial charge in [0.2, 0.25) is 5.91 Å². The van der Waals surface area contributed by atoms with Crippen LogP contribution in [0.25, 0.3) is 11.0 Å². The molecule has 1 aliphatic carbocycles. The Bertz CT molecular complexity index is 957. The summed E-state index contributed by atoms with van der Waals surface area (Å²) >= 11 is 7.59. The van der Waals surface area contributed by atoms with Crippen LogP contribution in [0, 0.1) is 5.82 Å². The summed E-state index contributed by atoms with van der Waals surface area (Å²) in [6.07, 6.45) is 6.99. The molecule has 4 rings (SSSR count). The van der Waals surface area contributed by atoms with Gasteiger partial charge in [0, 0.05) is 29.6 Å². The minimum atomic E-state index is -0.246. The van der Waals surface area contributed by atoms with Crippen LogP contribution in [0.1, 0.15) is 24.1 Å². The summed E-state index contributed by atoms with van der Waals surface area (Å²) in [7, 11) is 0. The average Bonchev–Trinajstić information content (AvgIpc) is 3.16. The zero-order chi connectivity index (χ0) is 17.4.